The second-order valence-electron chi connectivity index (χ2n) is 0.398. The van der Waals surface area contributed by atoms with E-state index in [0.29, 0.717) is 6.07 Å². The van der Waals surface area contributed by atoms with Gasteiger partial charge in [-0.25, -0.2) is 0 Å². The molecule has 0 N–H and O–H groups in total. The van der Waals surface area contributed by atoms with Crippen molar-refractivity contribution < 1.29 is 4.74 Å². The third kappa shape index (κ3) is 12.4. The fourth-order valence-corrected chi connectivity index (χ4v) is 0. The summed E-state index contributed by atoms with van der Waals surface area (Å²) in [5, 5.41) is 0. The van der Waals surface area contributed by atoms with Gasteiger partial charge in [-0.3, -0.25) is 0 Å². The predicted molar refractivity (Wildman–Crippen MR) is 25.0 cm³/mol. The largest absolute Gasteiger partial charge is 0.369 e. The Kier molecular flexibility index (Phi) is 16.1. The van der Waals surface area contributed by atoms with Crippen LogP contribution in [0.15, 0.2) is 0 Å². The van der Waals surface area contributed by atoms with Crippen LogP contribution in [0.3, 0.4) is 0 Å². The molecule has 1 nitrogen and oxygen atoms in total. The molecule has 0 aliphatic carbocycles. The van der Waals surface area contributed by atoms with Gasteiger partial charge in [0.15, 0.2) is 0 Å². The average Bonchev–Trinajstić information content (AvgIpc) is 1.37. The molecule has 34 valence electrons. The van der Waals surface area contributed by atoms with E-state index in [1.165, 1.54) is 0 Å². The van der Waals surface area contributed by atoms with Crippen molar-refractivity contribution in [3.8, 4) is 0 Å². The van der Waals surface area contributed by atoms with Gasteiger partial charge in [-0.1, -0.05) is 11.6 Å². The van der Waals surface area contributed by atoms with Gasteiger partial charge in [0.1, 0.15) is 6.07 Å². The van der Waals surface area contributed by atoms with Gasteiger partial charge in [0.05, 0.1) is 0 Å². The molecular formula is C2H6Cl2O. The minimum atomic E-state index is 0. The first-order valence-electron chi connectivity index (χ1n) is 0.964. The van der Waals surface area contributed by atoms with E-state index in [2.05, 4.69) is 4.74 Å². The highest BCUT2D eigenvalue weighted by molar-refractivity contribution is 6.17. The van der Waals surface area contributed by atoms with E-state index < -0.39 is 0 Å². The smallest absolute Gasteiger partial charge is 0.120 e. The first kappa shape index (κ1) is 9.11. The predicted octanol–water partition coefficient (Wildman–Crippen LogP) is 1.25. The average molecular weight is 117 g/mol. The summed E-state index contributed by atoms with van der Waals surface area (Å²) < 4.78 is 4.31. The molecule has 0 fully saturated rings. The highest BCUT2D eigenvalue weighted by atomic mass is 35.5. The van der Waals surface area contributed by atoms with Crippen molar-refractivity contribution in [2.24, 2.45) is 0 Å². The number of ether oxygens (including phenoxy) is 1. The second-order valence-corrected chi connectivity index (χ2v) is 0.616. The van der Waals surface area contributed by atoms with Gasteiger partial charge in [0.25, 0.3) is 0 Å². The van der Waals surface area contributed by atoms with Crippen molar-refractivity contribution in [1.82, 2.24) is 0 Å². The van der Waals surface area contributed by atoms with Gasteiger partial charge >= 0.3 is 0 Å². The Morgan fingerprint density at radius 2 is 2.00 bits per heavy atom. The second kappa shape index (κ2) is 8.82. The molecule has 0 amide bonds. The Morgan fingerprint density at radius 3 is 2.00 bits per heavy atom. The zero-order valence-electron chi connectivity index (χ0n) is 2.90. The minimum absolute atomic E-state index is 0. The van der Waals surface area contributed by atoms with Crippen LogP contribution in [0.25, 0.3) is 0 Å². The molecule has 0 aromatic rings. The third-order valence-electron chi connectivity index (χ3n) is 0.109. The number of rotatable bonds is 1. The van der Waals surface area contributed by atoms with Crippen molar-refractivity contribution in [1.29, 1.82) is 0 Å². The van der Waals surface area contributed by atoms with Gasteiger partial charge < -0.3 is 4.74 Å². The molecule has 0 aromatic heterocycles. The van der Waals surface area contributed by atoms with E-state index in [1.807, 2.05) is 0 Å². The summed E-state index contributed by atoms with van der Waals surface area (Å²) in [7, 11) is 1.55. The summed E-state index contributed by atoms with van der Waals surface area (Å²) >= 11 is 4.96. The van der Waals surface area contributed by atoms with Crippen LogP contribution in [0.2, 0.25) is 0 Å². The first-order valence-corrected chi connectivity index (χ1v) is 1.50. The molecule has 0 aliphatic heterocycles. The highest BCUT2D eigenvalue weighted by Gasteiger charge is 1.54. The molecule has 0 aromatic carbocycles. The summed E-state index contributed by atoms with van der Waals surface area (Å²) in [6, 6.07) is 0.292. The summed E-state index contributed by atoms with van der Waals surface area (Å²) in [6.07, 6.45) is 0. The van der Waals surface area contributed by atoms with Crippen molar-refractivity contribution in [3.05, 3.63) is 0 Å². The van der Waals surface area contributed by atoms with Gasteiger partial charge in [-0.2, -0.15) is 0 Å². The molecule has 3 heteroatoms. The molecular weight excluding hydrogens is 111 g/mol. The number of halogens is 2. The Morgan fingerprint density at radius 1 is 1.80 bits per heavy atom. The molecule has 0 rings (SSSR count). The molecule has 0 aliphatic rings. The number of methoxy groups -OCH3 is 1. The molecule has 0 saturated heterocycles. The molecule has 0 radical (unpaired) electrons. The molecule has 0 bridgehead atoms. The van der Waals surface area contributed by atoms with Crippen LogP contribution in [0.5, 0.6) is 0 Å². The molecule has 0 unspecified atom stereocenters. The summed E-state index contributed by atoms with van der Waals surface area (Å²) in [6.45, 7) is 0. The fourth-order valence-electron chi connectivity index (χ4n) is 0. The summed E-state index contributed by atoms with van der Waals surface area (Å²) in [4.78, 5) is 0. The van der Waals surface area contributed by atoms with Crippen molar-refractivity contribution >= 4 is 24.0 Å². The molecule has 0 heterocycles. The first-order chi connectivity index (χ1) is 1.91. The van der Waals surface area contributed by atoms with E-state index in [-0.39, 0.29) is 12.4 Å². The SMILES string of the molecule is COCCl.Cl. The maximum absolute atomic E-state index is 4.96. The topological polar surface area (TPSA) is 9.23 Å². The van der Waals surface area contributed by atoms with E-state index in [0.717, 1.165) is 0 Å². The van der Waals surface area contributed by atoms with Gasteiger partial charge in [-0.15, -0.1) is 12.4 Å². The lowest BCUT2D eigenvalue weighted by Gasteiger charge is -1.74. The van der Waals surface area contributed by atoms with Crippen LogP contribution in [0.4, 0.5) is 0 Å². The van der Waals surface area contributed by atoms with E-state index in [9.17, 15) is 0 Å². The summed E-state index contributed by atoms with van der Waals surface area (Å²) in [5.74, 6) is 0. The number of hydrogen-bond acceptors (Lipinski definition) is 1. The van der Waals surface area contributed by atoms with Crippen LogP contribution in [0, 0.1) is 0 Å². The highest BCUT2D eigenvalue weighted by Crippen LogP contribution is 1.66. The van der Waals surface area contributed by atoms with Crippen LogP contribution in [-0.4, -0.2) is 13.2 Å². The minimum Gasteiger partial charge on any atom is -0.369 e. The molecule has 5 heavy (non-hydrogen) atoms. The zero-order chi connectivity index (χ0) is 3.41. The van der Waals surface area contributed by atoms with E-state index >= 15 is 0 Å². The zero-order valence-corrected chi connectivity index (χ0v) is 4.47. The summed E-state index contributed by atoms with van der Waals surface area (Å²) in [5.41, 5.74) is 0. The maximum atomic E-state index is 4.96. The maximum Gasteiger partial charge on any atom is 0.120 e. The standard InChI is InChI=1S/C2H5ClO.ClH/c1-4-2-3;/h2H2,1H3;1H. The van der Waals surface area contributed by atoms with Gasteiger partial charge in [0, 0.05) is 7.11 Å². The monoisotopic (exact) mass is 116 g/mol. The number of hydrogen-bond donors (Lipinski definition) is 0. The van der Waals surface area contributed by atoms with Crippen LogP contribution in [-0.2, 0) is 4.74 Å². The van der Waals surface area contributed by atoms with Gasteiger partial charge in [0.2, 0.25) is 0 Å². The van der Waals surface area contributed by atoms with Crippen LogP contribution >= 0.6 is 24.0 Å². The Labute approximate surface area is 42.7 Å². The Bertz CT molecular complexity index is 9.61. The molecule has 0 saturated carbocycles. The van der Waals surface area contributed by atoms with Crippen LogP contribution < -0.4 is 0 Å². The quantitative estimate of drug-likeness (QED) is 0.469. The van der Waals surface area contributed by atoms with Crippen molar-refractivity contribution in [2.75, 3.05) is 13.2 Å². The van der Waals surface area contributed by atoms with E-state index in [1.54, 1.807) is 7.11 Å². The van der Waals surface area contributed by atoms with Crippen molar-refractivity contribution in [3.63, 3.8) is 0 Å². The number of alkyl halides is 1. The molecule has 0 spiro atoms. The normalized spacial score (nSPS) is 6.00. The Balaban J connectivity index is 0. The Hall–Kier alpha value is 0.540. The lowest BCUT2D eigenvalue weighted by atomic mass is 11.5. The van der Waals surface area contributed by atoms with Crippen LogP contribution in [0.1, 0.15) is 0 Å². The lowest BCUT2D eigenvalue weighted by molar-refractivity contribution is 0.254. The fraction of sp³-hybridized carbons (Fsp3) is 1.00. The molecule has 0 atom stereocenters. The van der Waals surface area contributed by atoms with Crippen molar-refractivity contribution in [2.45, 2.75) is 0 Å². The van der Waals surface area contributed by atoms with E-state index in [4.69, 9.17) is 11.6 Å². The third-order valence-corrected chi connectivity index (χ3v) is 0.327. The lowest BCUT2D eigenvalue weighted by Crippen LogP contribution is -1.68. The van der Waals surface area contributed by atoms with Gasteiger partial charge in [-0.05, 0) is 0 Å².